The lowest BCUT2D eigenvalue weighted by Crippen LogP contribution is -2.38. The highest BCUT2D eigenvalue weighted by Crippen LogP contribution is 2.45. The van der Waals surface area contributed by atoms with Crippen LogP contribution in [0.25, 0.3) is 0 Å². The zero-order valence-corrected chi connectivity index (χ0v) is 21.0. The first-order chi connectivity index (χ1) is 11.7. The molecule has 9 atom stereocenters. The van der Waals surface area contributed by atoms with E-state index < -0.39 is 0 Å². The van der Waals surface area contributed by atoms with Crippen LogP contribution >= 0.6 is 0 Å². The lowest BCUT2D eigenvalue weighted by atomic mass is 9.61. The number of hydrogen-bond acceptors (Lipinski definition) is 0. The third-order valence-corrected chi connectivity index (χ3v) is 9.97. The Kier molecular flexibility index (Phi) is 10.5. The minimum Gasteiger partial charge on any atom is -0.0651 e. The van der Waals surface area contributed by atoms with Crippen molar-refractivity contribution in [3.8, 4) is 0 Å². The average Bonchev–Trinajstić information content (AvgIpc) is 2.61. The zero-order chi connectivity index (χ0) is 21.0. The molecule has 0 aliphatic heterocycles. The molecule has 0 nitrogen and oxygen atoms in total. The Morgan fingerprint density at radius 3 is 1.12 bits per heavy atom. The van der Waals surface area contributed by atoms with Gasteiger partial charge in [-0.25, -0.2) is 0 Å². The maximum atomic E-state index is 2.53. The highest BCUT2D eigenvalue weighted by Gasteiger charge is 2.38. The third-order valence-electron chi connectivity index (χ3n) is 9.97. The van der Waals surface area contributed by atoms with Gasteiger partial charge in [-0.15, -0.1) is 0 Å². The highest BCUT2D eigenvalue weighted by molar-refractivity contribution is 4.87. The van der Waals surface area contributed by atoms with Crippen LogP contribution in [0.15, 0.2) is 0 Å². The second-order valence-corrected chi connectivity index (χ2v) is 11.2. The van der Waals surface area contributed by atoms with Gasteiger partial charge in [-0.3, -0.25) is 0 Å². The minimum atomic E-state index is 0.403. The summed E-state index contributed by atoms with van der Waals surface area (Å²) in [5, 5.41) is 0. The number of rotatable bonds is 11. The Balaban J connectivity index is 5.12. The van der Waals surface area contributed by atoms with E-state index in [4.69, 9.17) is 0 Å². The van der Waals surface area contributed by atoms with Crippen LogP contribution in [0.1, 0.15) is 103 Å². The van der Waals surface area contributed by atoms with Crippen molar-refractivity contribution in [2.75, 3.05) is 0 Å². The van der Waals surface area contributed by atoms with E-state index >= 15 is 0 Å². The lowest BCUT2D eigenvalue weighted by Gasteiger charge is -2.45. The molecule has 0 aliphatic carbocycles. The maximum Gasteiger partial charge on any atom is -0.0303 e. The quantitative estimate of drug-likeness (QED) is 0.342. The first-order valence-corrected chi connectivity index (χ1v) is 11.7. The van der Waals surface area contributed by atoms with Gasteiger partial charge in [-0.05, 0) is 64.6 Å². The molecule has 158 valence electrons. The molecular weight excluding hydrogens is 312 g/mol. The second-order valence-electron chi connectivity index (χ2n) is 11.2. The zero-order valence-electron chi connectivity index (χ0n) is 21.0. The third kappa shape index (κ3) is 6.00. The lowest BCUT2D eigenvalue weighted by molar-refractivity contribution is 0.0404. The van der Waals surface area contributed by atoms with Crippen LogP contribution in [0.2, 0.25) is 0 Å². The highest BCUT2D eigenvalue weighted by atomic mass is 14.4. The van der Waals surface area contributed by atoms with Crippen molar-refractivity contribution in [3.63, 3.8) is 0 Å². The molecule has 0 aliphatic rings. The molecule has 0 aromatic heterocycles. The van der Waals surface area contributed by atoms with Crippen molar-refractivity contribution in [1.82, 2.24) is 0 Å². The van der Waals surface area contributed by atoms with Crippen LogP contribution in [0.5, 0.6) is 0 Å². The Hall–Kier alpha value is 0. The van der Waals surface area contributed by atoms with Crippen molar-refractivity contribution in [2.24, 2.45) is 64.6 Å². The summed E-state index contributed by atoms with van der Waals surface area (Å²) < 4.78 is 0. The van der Waals surface area contributed by atoms with E-state index in [2.05, 4.69) is 96.9 Å². The van der Waals surface area contributed by atoms with Crippen molar-refractivity contribution in [2.45, 2.75) is 103 Å². The van der Waals surface area contributed by atoms with Gasteiger partial charge < -0.3 is 0 Å². The van der Waals surface area contributed by atoms with E-state index in [1.54, 1.807) is 0 Å². The molecule has 26 heavy (non-hydrogen) atoms. The molecule has 0 fully saturated rings. The molecule has 0 radical (unpaired) electrons. The van der Waals surface area contributed by atoms with Crippen LogP contribution in [-0.2, 0) is 0 Å². The van der Waals surface area contributed by atoms with E-state index in [1.807, 2.05) is 0 Å². The van der Waals surface area contributed by atoms with Crippen molar-refractivity contribution < 1.29 is 0 Å². The topological polar surface area (TPSA) is 0 Å². The molecular formula is C26H54. The summed E-state index contributed by atoms with van der Waals surface area (Å²) in [6.45, 7) is 34.6. The monoisotopic (exact) mass is 366 g/mol. The van der Waals surface area contributed by atoms with Gasteiger partial charge in [0.1, 0.15) is 0 Å². The van der Waals surface area contributed by atoms with Gasteiger partial charge >= 0.3 is 0 Å². The summed E-state index contributed by atoms with van der Waals surface area (Å²) >= 11 is 0. The van der Waals surface area contributed by atoms with Crippen LogP contribution in [0, 0.1) is 64.6 Å². The van der Waals surface area contributed by atoms with E-state index in [0.29, 0.717) is 5.41 Å². The molecule has 0 spiro atoms. The summed E-state index contributed by atoms with van der Waals surface area (Å²) in [6.07, 6.45) is 1.30. The van der Waals surface area contributed by atoms with Gasteiger partial charge in [0, 0.05) is 0 Å². The predicted octanol–water partition coefficient (Wildman–Crippen LogP) is 8.80. The van der Waals surface area contributed by atoms with Crippen molar-refractivity contribution in [1.29, 1.82) is 0 Å². The predicted molar refractivity (Wildman–Crippen MR) is 121 cm³/mol. The summed E-state index contributed by atoms with van der Waals surface area (Å²) in [5.74, 6) is 7.81. The number of hydrogen-bond donors (Lipinski definition) is 0. The van der Waals surface area contributed by atoms with Crippen molar-refractivity contribution in [3.05, 3.63) is 0 Å². The molecule has 0 N–H and O–H groups in total. The van der Waals surface area contributed by atoms with Gasteiger partial charge in [0.25, 0.3) is 0 Å². The molecule has 0 aromatic carbocycles. The fourth-order valence-corrected chi connectivity index (χ4v) is 4.94. The van der Waals surface area contributed by atoms with Crippen molar-refractivity contribution >= 4 is 0 Å². The Morgan fingerprint density at radius 1 is 0.500 bits per heavy atom. The van der Waals surface area contributed by atoms with E-state index in [9.17, 15) is 0 Å². The van der Waals surface area contributed by atoms with Gasteiger partial charge in [-0.1, -0.05) is 103 Å². The summed E-state index contributed by atoms with van der Waals surface area (Å²) in [7, 11) is 0. The molecule has 0 saturated heterocycles. The van der Waals surface area contributed by atoms with Crippen LogP contribution < -0.4 is 0 Å². The van der Waals surface area contributed by atoms with E-state index in [0.717, 1.165) is 59.2 Å². The van der Waals surface area contributed by atoms with Crippen LogP contribution in [-0.4, -0.2) is 0 Å². The molecule has 0 bridgehead atoms. The van der Waals surface area contributed by atoms with E-state index in [1.165, 1.54) is 6.42 Å². The minimum absolute atomic E-state index is 0.403. The summed E-state index contributed by atoms with van der Waals surface area (Å²) in [4.78, 5) is 0. The molecule has 0 rings (SSSR count). The smallest absolute Gasteiger partial charge is 0.0303 e. The molecule has 0 heterocycles. The average molecular weight is 367 g/mol. The van der Waals surface area contributed by atoms with Crippen LogP contribution in [0.4, 0.5) is 0 Å². The summed E-state index contributed by atoms with van der Waals surface area (Å²) in [6, 6.07) is 0. The van der Waals surface area contributed by atoms with Gasteiger partial charge in [0.15, 0.2) is 0 Å². The van der Waals surface area contributed by atoms with Crippen LogP contribution in [0.3, 0.4) is 0 Å². The Labute approximate surface area is 168 Å². The SMILES string of the molecule is CCC(C)C(C)C(C)C(C)C(C)C(C)C(C)C(C)C(C)C(C)(C)C(C)C. The Morgan fingerprint density at radius 2 is 0.808 bits per heavy atom. The molecule has 9 unspecified atom stereocenters. The van der Waals surface area contributed by atoms with Gasteiger partial charge in [-0.2, -0.15) is 0 Å². The molecule has 0 aromatic rings. The molecule has 0 saturated carbocycles. The summed E-state index contributed by atoms with van der Waals surface area (Å²) in [5.41, 5.74) is 0.403. The molecule has 0 amide bonds. The van der Waals surface area contributed by atoms with Gasteiger partial charge in [0.05, 0.1) is 0 Å². The normalized spacial score (nSPS) is 23.7. The first-order valence-electron chi connectivity index (χ1n) is 11.7. The fourth-order valence-electron chi connectivity index (χ4n) is 4.94. The largest absolute Gasteiger partial charge is 0.0651 e. The van der Waals surface area contributed by atoms with E-state index in [-0.39, 0.29) is 0 Å². The molecule has 0 heteroatoms. The first kappa shape index (κ1) is 26.0. The fraction of sp³-hybridized carbons (Fsp3) is 1.00. The maximum absolute atomic E-state index is 2.53. The second kappa shape index (κ2) is 10.5. The van der Waals surface area contributed by atoms with Gasteiger partial charge in [0.2, 0.25) is 0 Å². The standard InChI is InChI=1S/C26H54/c1-15-17(4)18(5)19(6)20(7)21(8)22(9)23(10)24(11)25(12)26(13,14)16(2)3/h16-25H,15H2,1-14H3. The Bertz CT molecular complexity index is 379.